The molecule has 1 aliphatic carbocycles. The minimum absolute atomic E-state index is 0.0344. The van der Waals surface area contributed by atoms with Crippen LogP contribution >= 0.6 is 0 Å². The lowest BCUT2D eigenvalue weighted by Crippen LogP contribution is -2.42. The third kappa shape index (κ3) is 3.20. The monoisotopic (exact) mass is 279 g/mol. The number of carbonyl (C=O) groups excluding carboxylic acids is 1. The van der Waals surface area contributed by atoms with Crippen molar-refractivity contribution in [2.45, 2.75) is 58.4 Å². The summed E-state index contributed by atoms with van der Waals surface area (Å²) in [6, 6.07) is -0.203. The highest BCUT2D eigenvalue weighted by Gasteiger charge is 2.24. The Hall–Kier alpha value is -1.36. The van der Waals surface area contributed by atoms with Crippen molar-refractivity contribution in [3.63, 3.8) is 0 Å². The minimum Gasteiger partial charge on any atom is -0.394 e. The van der Waals surface area contributed by atoms with Crippen molar-refractivity contribution in [1.82, 2.24) is 15.5 Å². The van der Waals surface area contributed by atoms with Gasteiger partial charge in [0.15, 0.2) is 5.69 Å². The molecule has 112 valence electrons. The molecule has 0 aromatic carbocycles. The van der Waals surface area contributed by atoms with Crippen molar-refractivity contribution < 1.29 is 9.90 Å². The van der Waals surface area contributed by atoms with E-state index in [9.17, 15) is 9.90 Å². The molecule has 1 aliphatic rings. The van der Waals surface area contributed by atoms with Crippen LogP contribution in [0.5, 0.6) is 0 Å². The van der Waals surface area contributed by atoms with Gasteiger partial charge in [0.2, 0.25) is 0 Å². The van der Waals surface area contributed by atoms with Gasteiger partial charge in [-0.25, -0.2) is 0 Å². The molecule has 0 radical (unpaired) electrons. The average Bonchev–Trinajstić information content (AvgIpc) is 2.72. The Labute approximate surface area is 120 Å². The maximum absolute atomic E-state index is 12.4. The number of aromatic amines is 1. The average molecular weight is 279 g/mol. The molecule has 1 amide bonds. The van der Waals surface area contributed by atoms with E-state index in [-0.39, 0.29) is 24.5 Å². The predicted octanol–water partition coefficient (Wildman–Crippen LogP) is 1.82. The Morgan fingerprint density at radius 2 is 2.15 bits per heavy atom. The Bertz CT molecular complexity index is 456. The molecule has 5 nitrogen and oxygen atoms in total. The minimum atomic E-state index is -0.203. The van der Waals surface area contributed by atoms with E-state index >= 15 is 0 Å². The van der Waals surface area contributed by atoms with E-state index in [1.807, 2.05) is 6.92 Å². The Morgan fingerprint density at radius 3 is 2.85 bits per heavy atom. The number of fused-ring (bicyclic) bond motifs is 1. The van der Waals surface area contributed by atoms with Crippen molar-refractivity contribution in [1.29, 1.82) is 0 Å². The number of nitrogens with zero attached hydrogens (tertiary/aromatic N) is 1. The second-order valence-electron chi connectivity index (χ2n) is 5.74. The van der Waals surface area contributed by atoms with Crippen LogP contribution in [0.3, 0.4) is 0 Å². The molecule has 0 saturated heterocycles. The van der Waals surface area contributed by atoms with Crippen molar-refractivity contribution in [3.8, 4) is 0 Å². The number of aliphatic hydroxyl groups excluding tert-OH is 1. The molecule has 0 unspecified atom stereocenters. The smallest absolute Gasteiger partial charge is 0.272 e. The van der Waals surface area contributed by atoms with E-state index in [0.717, 1.165) is 43.4 Å². The molecule has 1 heterocycles. The number of aryl methyl sites for hydroxylation is 1. The van der Waals surface area contributed by atoms with Crippen LogP contribution in [-0.2, 0) is 12.8 Å². The normalized spacial score (nSPS) is 17.9. The van der Waals surface area contributed by atoms with Crippen LogP contribution < -0.4 is 5.32 Å². The number of hydrogen-bond acceptors (Lipinski definition) is 3. The maximum atomic E-state index is 12.4. The number of nitrogens with one attached hydrogen (secondary N) is 2. The van der Waals surface area contributed by atoms with Crippen LogP contribution in [0, 0.1) is 5.92 Å². The second-order valence-corrected chi connectivity index (χ2v) is 5.74. The van der Waals surface area contributed by atoms with Gasteiger partial charge in [-0.05, 0) is 31.6 Å². The van der Waals surface area contributed by atoms with Crippen LogP contribution in [0.4, 0.5) is 0 Å². The third-order valence-electron chi connectivity index (χ3n) is 4.37. The molecule has 1 aromatic rings. The van der Waals surface area contributed by atoms with Crippen LogP contribution in [0.2, 0.25) is 0 Å². The van der Waals surface area contributed by atoms with Gasteiger partial charge < -0.3 is 10.4 Å². The number of amides is 1. The number of aliphatic hydroxyl groups is 1. The fourth-order valence-electron chi connectivity index (χ4n) is 2.73. The summed E-state index contributed by atoms with van der Waals surface area (Å²) in [6.07, 6.45) is 6.29. The lowest BCUT2D eigenvalue weighted by atomic mass is 9.99. The molecule has 0 bridgehead atoms. The van der Waals surface area contributed by atoms with Crippen LogP contribution in [-0.4, -0.2) is 33.9 Å². The Morgan fingerprint density at radius 1 is 1.40 bits per heavy atom. The summed E-state index contributed by atoms with van der Waals surface area (Å²) in [4.78, 5) is 12.4. The zero-order valence-electron chi connectivity index (χ0n) is 12.4. The van der Waals surface area contributed by atoms with Gasteiger partial charge in [0.25, 0.3) is 5.91 Å². The first-order valence-corrected chi connectivity index (χ1v) is 7.65. The van der Waals surface area contributed by atoms with Crippen molar-refractivity contribution in [2.24, 2.45) is 5.92 Å². The molecule has 5 heteroatoms. The zero-order chi connectivity index (χ0) is 14.5. The summed E-state index contributed by atoms with van der Waals surface area (Å²) in [5.74, 6) is 0.0882. The van der Waals surface area contributed by atoms with E-state index in [2.05, 4.69) is 22.4 Å². The standard InChI is InChI=1S/C15H25N3O2/c1-3-10(2)13(9-19)16-15(20)14-11-7-5-4-6-8-12(11)17-18-14/h10,13,19H,3-9H2,1-2H3,(H,16,20)(H,17,18)/t10-,13-/m0/s1. The quantitative estimate of drug-likeness (QED) is 0.719. The van der Waals surface area contributed by atoms with Gasteiger partial charge in [0.05, 0.1) is 12.6 Å². The van der Waals surface area contributed by atoms with E-state index in [4.69, 9.17) is 0 Å². The topological polar surface area (TPSA) is 78.0 Å². The highest BCUT2D eigenvalue weighted by Crippen LogP contribution is 2.21. The zero-order valence-corrected chi connectivity index (χ0v) is 12.4. The Kier molecular flexibility index (Phi) is 5.17. The number of H-pyrrole nitrogens is 1. The first-order chi connectivity index (χ1) is 9.67. The number of hydrogen-bond donors (Lipinski definition) is 3. The highest BCUT2D eigenvalue weighted by atomic mass is 16.3. The highest BCUT2D eigenvalue weighted by molar-refractivity contribution is 5.94. The number of aromatic nitrogens is 2. The molecule has 0 spiro atoms. The molecule has 2 rings (SSSR count). The molecule has 0 fully saturated rings. The van der Waals surface area contributed by atoms with Gasteiger partial charge in [-0.15, -0.1) is 0 Å². The molecule has 0 saturated carbocycles. The van der Waals surface area contributed by atoms with E-state index in [1.54, 1.807) is 0 Å². The van der Waals surface area contributed by atoms with Crippen LogP contribution in [0.1, 0.15) is 61.3 Å². The van der Waals surface area contributed by atoms with Crippen LogP contribution in [0.25, 0.3) is 0 Å². The fourth-order valence-corrected chi connectivity index (χ4v) is 2.73. The molecule has 2 atom stereocenters. The third-order valence-corrected chi connectivity index (χ3v) is 4.37. The van der Waals surface area contributed by atoms with Crippen LogP contribution in [0.15, 0.2) is 0 Å². The molecule has 1 aromatic heterocycles. The molecule has 20 heavy (non-hydrogen) atoms. The summed E-state index contributed by atoms with van der Waals surface area (Å²) >= 11 is 0. The largest absolute Gasteiger partial charge is 0.394 e. The molecule has 3 N–H and O–H groups in total. The molecular formula is C15H25N3O2. The van der Waals surface area contributed by atoms with Gasteiger partial charge >= 0.3 is 0 Å². The van der Waals surface area contributed by atoms with E-state index in [1.165, 1.54) is 6.42 Å². The number of rotatable bonds is 5. The SMILES string of the molecule is CC[C@H](C)[C@H](CO)NC(=O)c1n[nH]c2c1CCCCC2. The summed E-state index contributed by atoms with van der Waals surface area (Å²) in [5.41, 5.74) is 2.70. The predicted molar refractivity (Wildman–Crippen MR) is 77.6 cm³/mol. The van der Waals surface area contributed by atoms with Gasteiger partial charge in [-0.1, -0.05) is 26.7 Å². The Balaban J connectivity index is 2.11. The number of carbonyl (C=O) groups is 1. The van der Waals surface area contributed by atoms with E-state index < -0.39 is 0 Å². The van der Waals surface area contributed by atoms with Gasteiger partial charge in [-0.2, -0.15) is 5.10 Å². The molecular weight excluding hydrogens is 254 g/mol. The lowest BCUT2D eigenvalue weighted by Gasteiger charge is -2.21. The van der Waals surface area contributed by atoms with Gasteiger partial charge in [-0.3, -0.25) is 9.89 Å². The maximum Gasteiger partial charge on any atom is 0.272 e. The fraction of sp³-hybridized carbons (Fsp3) is 0.733. The van der Waals surface area contributed by atoms with E-state index in [0.29, 0.717) is 5.69 Å². The first kappa shape index (κ1) is 15.0. The molecule has 0 aliphatic heterocycles. The summed E-state index contributed by atoms with van der Waals surface area (Å²) in [6.45, 7) is 4.06. The van der Waals surface area contributed by atoms with Gasteiger partial charge in [0, 0.05) is 11.3 Å². The summed E-state index contributed by atoms with van der Waals surface area (Å²) in [7, 11) is 0. The van der Waals surface area contributed by atoms with Crippen molar-refractivity contribution in [3.05, 3.63) is 17.0 Å². The summed E-state index contributed by atoms with van der Waals surface area (Å²) < 4.78 is 0. The summed E-state index contributed by atoms with van der Waals surface area (Å²) in [5, 5.41) is 19.5. The lowest BCUT2D eigenvalue weighted by molar-refractivity contribution is 0.0885. The van der Waals surface area contributed by atoms with Gasteiger partial charge in [0.1, 0.15) is 0 Å². The second kappa shape index (κ2) is 6.88. The first-order valence-electron chi connectivity index (χ1n) is 7.65. The van der Waals surface area contributed by atoms with Crippen molar-refractivity contribution >= 4 is 5.91 Å². The van der Waals surface area contributed by atoms with Crippen molar-refractivity contribution in [2.75, 3.05) is 6.61 Å².